The van der Waals surface area contributed by atoms with Crippen LogP contribution in [-0.4, -0.2) is 33.2 Å². The third-order valence-electron chi connectivity index (χ3n) is 6.18. The first-order valence-electron chi connectivity index (χ1n) is 11.8. The van der Waals surface area contributed by atoms with Gasteiger partial charge in [0.15, 0.2) is 0 Å². The van der Waals surface area contributed by atoms with Gasteiger partial charge in [-0.1, -0.05) is 39.0 Å². The smallest absolute Gasteiger partial charge is 0.264 e. The molecule has 1 amide bonds. The van der Waals surface area contributed by atoms with Gasteiger partial charge in [-0.25, -0.2) is 13.8 Å². The maximum absolute atomic E-state index is 13.4. The van der Waals surface area contributed by atoms with Crippen LogP contribution in [0.3, 0.4) is 0 Å². The second kappa shape index (κ2) is 11.0. The van der Waals surface area contributed by atoms with Crippen LogP contribution in [-0.2, 0) is 14.8 Å². The molecule has 0 aliphatic heterocycles. The number of carbonyl (C=O) groups excluding carboxylic acids is 1. The Morgan fingerprint density at radius 2 is 1.68 bits per heavy atom. The monoisotopic (exact) mass is 485 g/mol. The molecule has 1 aliphatic carbocycles. The van der Waals surface area contributed by atoms with Crippen molar-refractivity contribution in [3.63, 3.8) is 0 Å². The molecule has 34 heavy (non-hydrogen) atoms. The highest BCUT2D eigenvalue weighted by atomic mass is 32.2. The average Bonchev–Trinajstić information content (AvgIpc) is 2.82. The number of para-hydroxylation sites is 1. The number of amides is 1. The second-order valence-corrected chi connectivity index (χ2v) is 11.5. The minimum Gasteiger partial charge on any atom is -0.494 e. The Bertz CT molecular complexity index is 1080. The fourth-order valence-electron chi connectivity index (χ4n) is 4.15. The zero-order chi connectivity index (χ0) is 24.8. The van der Waals surface area contributed by atoms with Crippen molar-refractivity contribution < 1.29 is 17.9 Å². The van der Waals surface area contributed by atoms with Crippen molar-refractivity contribution in [3.05, 3.63) is 54.6 Å². The summed E-state index contributed by atoms with van der Waals surface area (Å²) < 4.78 is 33.4. The molecular formula is C26H35N3O4S. The van der Waals surface area contributed by atoms with Crippen LogP contribution in [0.1, 0.15) is 53.4 Å². The topological polar surface area (TPSA) is 88.1 Å². The van der Waals surface area contributed by atoms with Crippen molar-refractivity contribution in [2.24, 2.45) is 16.4 Å². The largest absolute Gasteiger partial charge is 0.494 e. The van der Waals surface area contributed by atoms with Crippen LogP contribution in [0.4, 0.5) is 5.69 Å². The second-order valence-electron chi connectivity index (χ2n) is 9.60. The number of nitrogens with one attached hydrogen (secondary N) is 1. The van der Waals surface area contributed by atoms with E-state index in [4.69, 9.17) is 4.74 Å². The van der Waals surface area contributed by atoms with E-state index >= 15 is 0 Å². The molecule has 0 radical (unpaired) electrons. The van der Waals surface area contributed by atoms with E-state index in [0.29, 0.717) is 24.0 Å². The lowest BCUT2D eigenvalue weighted by molar-refractivity contribution is -0.119. The molecule has 2 aromatic rings. The Kier molecular flexibility index (Phi) is 8.36. The molecule has 1 aliphatic rings. The summed E-state index contributed by atoms with van der Waals surface area (Å²) in [5.74, 6) is 0.737. The van der Waals surface area contributed by atoms with E-state index in [2.05, 4.69) is 31.3 Å². The molecule has 1 N–H and O–H groups in total. The van der Waals surface area contributed by atoms with Crippen LogP contribution in [0.2, 0.25) is 0 Å². The quantitative estimate of drug-likeness (QED) is 0.534. The summed E-state index contributed by atoms with van der Waals surface area (Å²) >= 11 is 0. The number of anilines is 1. The molecule has 0 heterocycles. The number of hydrogen-bond acceptors (Lipinski definition) is 5. The van der Waals surface area contributed by atoms with Gasteiger partial charge in [-0.15, -0.1) is 0 Å². The Labute approximate surface area is 203 Å². The molecule has 0 bridgehead atoms. The van der Waals surface area contributed by atoms with Crippen molar-refractivity contribution in [1.29, 1.82) is 0 Å². The van der Waals surface area contributed by atoms with Crippen LogP contribution in [0.15, 0.2) is 64.6 Å². The highest BCUT2D eigenvalue weighted by Gasteiger charge is 2.29. The average molecular weight is 486 g/mol. The van der Waals surface area contributed by atoms with E-state index < -0.39 is 15.9 Å². The number of ether oxygens (including phenoxy) is 1. The Morgan fingerprint density at radius 1 is 1.06 bits per heavy atom. The zero-order valence-electron chi connectivity index (χ0n) is 20.5. The molecule has 0 atom stereocenters. The fourth-order valence-corrected chi connectivity index (χ4v) is 5.57. The summed E-state index contributed by atoms with van der Waals surface area (Å²) in [5.41, 5.74) is 4.20. The van der Waals surface area contributed by atoms with Crippen molar-refractivity contribution in [2.45, 2.75) is 58.3 Å². The van der Waals surface area contributed by atoms with E-state index in [1.165, 1.54) is 12.1 Å². The highest BCUT2D eigenvalue weighted by molar-refractivity contribution is 7.92. The van der Waals surface area contributed by atoms with Crippen molar-refractivity contribution in [2.75, 3.05) is 17.5 Å². The number of hydrogen-bond donors (Lipinski definition) is 1. The van der Waals surface area contributed by atoms with Crippen LogP contribution in [0, 0.1) is 11.3 Å². The normalized spacial score (nSPS) is 16.6. The molecule has 1 saturated carbocycles. The van der Waals surface area contributed by atoms with E-state index in [1.807, 2.05) is 6.92 Å². The number of nitrogens with zero attached hydrogens (tertiary/aromatic N) is 2. The molecule has 3 rings (SSSR count). The summed E-state index contributed by atoms with van der Waals surface area (Å²) in [5, 5.41) is 4.31. The summed E-state index contributed by atoms with van der Waals surface area (Å²) in [6.45, 7) is 8.74. The maximum atomic E-state index is 13.4. The van der Waals surface area contributed by atoms with Gasteiger partial charge < -0.3 is 4.74 Å². The van der Waals surface area contributed by atoms with Crippen molar-refractivity contribution in [1.82, 2.24) is 5.43 Å². The molecule has 1 fully saturated rings. The first-order valence-corrected chi connectivity index (χ1v) is 13.2. The number of carbonyl (C=O) groups is 1. The molecule has 8 heteroatoms. The van der Waals surface area contributed by atoms with Crippen LogP contribution in [0.5, 0.6) is 5.75 Å². The number of sulfonamides is 1. The molecule has 0 spiro atoms. The molecule has 7 nitrogen and oxygen atoms in total. The van der Waals surface area contributed by atoms with E-state index in [1.54, 1.807) is 42.5 Å². The molecule has 0 unspecified atom stereocenters. The molecule has 0 aromatic heterocycles. The predicted molar refractivity (Wildman–Crippen MR) is 136 cm³/mol. The van der Waals surface area contributed by atoms with Gasteiger partial charge in [0.25, 0.3) is 15.9 Å². The summed E-state index contributed by atoms with van der Waals surface area (Å²) in [7, 11) is -3.98. The number of hydrazone groups is 1. The molecule has 0 saturated heterocycles. The summed E-state index contributed by atoms with van der Waals surface area (Å²) in [4.78, 5) is 12.8. The van der Waals surface area contributed by atoms with Gasteiger partial charge in [-0.2, -0.15) is 5.10 Å². The predicted octanol–water partition coefficient (Wildman–Crippen LogP) is 4.99. The van der Waals surface area contributed by atoms with Gasteiger partial charge in [-0.05, 0) is 80.3 Å². The standard InChI is InChI=1S/C26H35N3O4S/c1-5-33-23-15-17-24(18-16-23)34(31,32)29(22-9-7-6-8-10-22)19-25(30)28-27-21-13-11-20(12-14-21)26(2,3)4/h6-10,15-18,20H,5,11-14,19H2,1-4H3,(H,28,30). The first kappa shape index (κ1) is 25.7. The van der Waals surface area contributed by atoms with Crippen molar-refractivity contribution in [3.8, 4) is 5.75 Å². The first-order chi connectivity index (χ1) is 16.1. The number of benzene rings is 2. The SMILES string of the molecule is CCOc1ccc(S(=O)(=O)N(CC(=O)NN=C2CCC(C(C)(C)C)CC2)c2ccccc2)cc1. The van der Waals surface area contributed by atoms with Crippen LogP contribution < -0.4 is 14.5 Å². The van der Waals surface area contributed by atoms with Gasteiger partial charge in [0.05, 0.1) is 17.2 Å². The van der Waals surface area contributed by atoms with Gasteiger partial charge in [0.2, 0.25) is 0 Å². The minimum absolute atomic E-state index is 0.0828. The highest BCUT2D eigenvalue weighted by Crippen LogP contribution is 2.36. The van der Waals surface area contributed by atoms with Crippen molar-refractivity contribution >= 4 is 27.3 Å². The van der Waals surface area contributed by atoms with Crippen LogP contribution in [0.25, 0.3) is 0 Å². The third-order valence-corrected chi connectivity index (χ3v) is 7.97. The van der Waals surface area contributed by atoms with Gasteiger partial charge in [0, 0.05) is 5.71 Å². The Balaban J connectivity index is 1.74. The lowest BCUT2D eigenvalue weighted by Crippen LogP contribution is -2.40. The Morgan fingerprint density at radius 3 is 2.24 bits per heavy atom. The zero-order valence-corrected chi connectivity index (χ0v) is 21.3. The Hall–Kier alpha value is -2.87. The van der Waals surface area contributed by atoms with Gasteiger partial charge >= 0.3 is 0 Å². The van der Waals surface area contributed by atoms with E-state index in [0.717, 1.165) is 35.7 Å². The lowest BCUT2D eigenvalue weighted by Gasteiger charge is -2.34. The summed E-state index contributed by atoms with van der Waals surface area (Å²) in [6, 6.07) is 14.8. The minimum atomic E-state index is -3.98. The molecule has 184 valence electrons. The third kappa shape index (κ3) is 6.59. The molecular weight excluding hydrogens is 450 g/mol. The van der Waals surface area contributed by atoms with Crippen LogP contribution >= 0.6 is 0 Å². The fraction of sp³-hybridized carbons (Fsp3) is 0.462. The summed E-state index contributed by atoms with van der Waals surface area (Å²) in [6.07, 6.45) is 3.77. The molecule has 2 aromatic carbocycles. The van der Waals surface area contributed by atoms with Gasteiger partial charge in [-0.3, -0.25) is 9.10 Å². The maximum Gasteiger partial charge on any atom is 0.264 e. The number of rotatable bonds is 8. The van der Waals surface area contributed by atoms with E-state index in [9.17, 15) is 13.2 Å². The van der Waals surface area contributed by atoms with E-state index in [-0.39, 0.29) is 16.9 Å². The lowest BCUT2D eigenvalue weighted by atomic mass is 9.72. The van der Waals surface area contributed by atoms with Gasteiger partial charge in [0.1, 0.15) is 12.3 Å².